The van der Waals surface area contributed by atoms with Crippen molar-refractivity contribution in [3.05, 3.63) is 24.2 Å². The number of carbonyl (C=O) groups is 2. The highest BCUT2D eigenvalue weighted by Crippen LogP contribution is 2.39. The first-order valence-electron chi connectivity index (χ1n) is 5.13. The van der Waals surface area contributed by atoms with Crippen LogP contribution in [0.1, 0.15) is 30.3 Å². The fourth-order valence-corrected chi connectivity index (χ4v) is 1.70. The standard InChI is InChI=1S/C11H13NO4/c1-11(10(14)15,7-4-5-7)12-9(13)8-3-2-6-16-8/h2-3,6-7H,4-5H2,1H3,(H,12,13)(H,14,15). The van der Waals surface area contributed by atoms with Gasteiger partial charge in [0.05, 0.1) is 6.26 Å². The first-order valence-corrected chi connectivity index (χ1v) is 5.13. The minimum atomic E-state index is -1.19. The fourth-order valence-electron chi connectivity index (χ4n) is 1.70. The van der Waals surface area contributed by atoms with E-state index in [1.807, 2.05) is 0 Å². The van der Waals surface area contributed by atoms with E-state index in [4.69, 9.17) is 9.52 Å². The topological polar surface area (TPSA) is 79.5 Å². The van der Waals surface area contributed by atoms with Crippen molar-refractivity contribution in [3.8, 4) is 0 Å². The van der Waals surface area contributed by atoms with E-state index in [0.29, 0.717) is 0 Å². The molecule has 1 aromatic rings. The zero-order valence-electron chi connectivity index (χ0n) is 8.90. The summed E-state index contributed by atoms with van der Waals surface area (Å²) in [6.07, 6.45) is 3.05. The number of carboxylic acids is 1. The van der Waals surface area contributed by atoms with Crippen molar-refractivity contribution in [2.45, 2.75) is 25.3 Å². The molecule has 1 amide bonds. The summed E-state index contributed by atoms with van der Waals surface area (Å²) in [6.45, 7) is 1.54. The molecule has 5 nitrogen and oxygen atoms in total. The summed E-state index contributed by atoms with van der Waals surface area (Å²) in [4.78, 5) is 22.9. The molecule has 5 heteroatoms. The maximum atomic E-state index is 11.7. The summed E-state index contributed by atoms with van der Waals surface area (Å²) in [5, 5.41) is 11.7. The fraction of sp³-hybridized carbons (Fsp3) is 0.455. The third kappa shape index (κ3) is 1.80. The summed E-state index contributed by atoms with van der Waals surface area (Å²) in [5.41, 5.74) is -1.19. The van der Waals surface area contributed by atoms with Crippen LogP contribution in [0.5, 0.6) is 0 Å². The van der Waals surface area contributed by atoms with Crippen LogP contribution >= 0.6 is 0 Å². The van der Waals surface area contributed by atoms with E-state index in [1.165, 1.54) is 19.3 Å². The van der Waals surface area contributed by atoms with E-state index in [-0.39, 0.29) is 11.7 Å². The molecule has 0 aliphatic heterocycles. The largest absolute Gasteiger partial charge is 0.480 e. The van der Waals surface area contributed by atoms with Crippen LogP contribution in [0.3, 0.4) is 0 Å². The Labute approximate surface area is 92.4 Å². The van der Waals surface area contributed by atoms with E-state index in [9.17, 15) is 9.59 Å². The summed E-state index contributed by atoms with van der Waals surface area (Å²) < 4.78 is 4.92. The second-order valence-corrected chi connectivity index (χ2v) is 4.21. The van der Waals surface area contributed by atoms with Crippen molar-refractivity contribution in [2.75, 3.05) is 0 Å². The average Bonchev–Trinajstić information content (AvgIpc) is 2.94. The van der Waals surface area contributed by atoms with Gasteiger partial charge in [0.15, 0.2) is 5.76 Å². The summed E-state index contributed by atoms with van der Waals surface area (Å²) in [6, 6.07) is 3.09. The molecular formula is C11H13NO4. The molecule has 1 aromatic heterocycles. The highest BCUT2D eigenvalue weighted by molar-refractivity contribution is 5.95. The Bertz CT molecular complexity index is 408. The first kappa shape index (κ1) is 10.7. The SMILES string of the molecule is CC(NC(=O)c1ccco1)(C(=O)O)C1CC1. The predicted molar refractivity (Wildman–Crippen MR) is 54.9 cm³/mol. The van der Waals surface area contributed by atoms with Crippen molar-refractivity contribution in [2.24, 2.45) is 5.92 Å². The van der Waals surface area contributed by atoms with E-state index in [2.05, 4.69) is 5.32 Å². The maximum absolute atomic E-state index is 11.7. The molecule has 0 radical (unpaired) electrons. The molecule has 2 rings (SSSR count). The third-order valence-corrected chi connectivity index (χ3v) is 2.96. The third-order valence-electron chi connectivity index (χ3n) is 2.96. The summed E-state index contributed by atoms with van der Waals surface area (Å²) in [5.74, 6) is -1.34. The number of hydrogen-bond acceptors (Lipinski definition) is 3. The van der Waals surface area contributed by atoms with E-state index < -0.39 is 17.4 Å². The number of rotatable bonds is 4. The van der Waals surface area contributed by atoms with Crippen LogP contribution in [-0.2, 0) is 4.79 Å². The summed E-state index contributed by atoms with van der Waals surface area (Å²) in [7, 11) is 0. The van der Waals surface area contributed by atoms with Gasteiger partial charge in [-0.2, -0.15) is 0 Å². The Morgan fingerprint density at radius 1 is 1.56 bits per heavy atom. The average molecular weight is 223 g/mol. The van der Waals surface area contributed by atoms with Crippen LogP contribution in [0.2, 0.25) is 0 Å². The first-order chi connectivity index (χ1) is 7.54. The lowest BCUT2D eigenvalue weighted by Gasteiger charge is -2.25. The van der Waals surface area contributed by atoms with Crippen LogP contribution in [0.4, 0.5) is 0 Å². The molecule has 0 spiro atoms. The van der Waals surface area contributed by atoms with Gasteiger partial charge in [0, 0.05) is 0 Å². The highest BCUT2D eigenvalue weighted by Gasteiger charge is 2.48. The van der Waals surface area contributed by atoms with Gasteiger partial charge in [-0.3, -0.25) is 4.79 Å². The Kier molecular flexibility index (Phi) is 2.46. The molecule has 1 heterocycles. The molecule has 1 aliphatic rings. The van der Waals surface area contributed by atoms with Crippen LogP contribution in [0.25, 0.3) is 0 Å². The molecule has 1 aliphatic carbocycles. The number of hydrogen-bond donors (Lipinski definition) is 2. The summed E-state index contributed by atoms with van der Waals surface area (Å²) >= 11 is 0. The smallest absolute Gasteiger partial charge is 0.329 e. The molecule has 0 saturated heterocycles. The van der Waals surface area contributed by atoms with Crippen LogP contribution < -0.4 is 5.32 Å². The van der Waals surface area contributed by atoms with E-state index in [1.54, 1.807) is 6.07 Å². The number of furan rings is 1. The zero-order valence-corrected chi connectivity index (χ0v) is 8.90. The van der Waals surface area contributed by atoms with Gasteiger partial charge < -0.3 is 14.8 Å². The number of carboxylic acid groups (broad SMARTS) is 1. The normalized spacial score (nSPS) is 18.8. The van der Waals surface area contributed by atoms with E-state index in [0.717, 1.165) is 12.8 Å². The second kappa shape index (κ2) is 3.66. The molecule has 1 saturated carbocycles. The minimum absolute atomic E-state index is 0.0175. The Balaban J connectivity index is 2.12. The van der Waals surface area contributed by atoms with Crippen molar-refractivity contribution < 1.29 is 19.1 Å². The van der Waals surface area contributed by atoms with Gasteiger partial charge in [0.1, 0.15) is 5.54 Å². The van der Waals surface area contributed by atoms with Crippen LogP contribution in [0, 0.1) is 5.92 Å². The van der Waals surface area contributed by atoms with Crippen LogP contribution in [0.15, 0.2) is 22.8 Å². The number of amides is 1. The monoisotopic (exact) mass is 223 g/mol. The van der Waals surface area contributed by atoms with Gasteiger partial charge >= 0.3 is 5.97 Å². The lowest BCUT2D eigenvalue weighted by atomic mass is 9.96. The lowest BCUT2D eigenvalue weighted by Crippen LogP contribution is -2.53. The molecule has 0 aromatic carbocycles. The molecule has 1 unspecified atom stereocenters. The molecule has 1 fully saturated rings. The molecule has 16 heavy (non-hydrogen) atoms. The van der Waals surface area contributed by atoms with Crippen molar-refractivity contribution >= 4 is 11.9 Å². The molecule has 1 atom stereocenters. The van der Waals surface area contributed by atoms with Crippen LogP contribution in [-0.4, -0.2) is 22.5 Å². The molecule has 86 valence electrons. The minimum Gasteiger partial charge on any atom is -0.480 e. The molecule has 0 bridgehead atoms. The van der Waals surface area contributed by atoms with Gasteiger partial charge in [-0.05, 0) is 37.8 Å². The van der Waals surface area contributed by atoms with E-state index >= 15 is 0 Å². The molecular weight excluding hydrogens is 210 g/mol. The quantitative estimate of drug-likeness (QED) is 0.805. The lowest BCUT2D eigenvalue weighted by molar-refractivity contribution is -0.144. The maximum Gasteiger partial charge on any atom is 0.329 e. The van der Waals surface area contributed by atoms with Crippen molar-refractivity contribution in [1.82, 2.24) is 5.32 Å². The van der Waals surface area contributed by atoms with Gasteiger partial charge in [0.2, 0.25) is 0 Å². The number of aliphatic carboxylic acids is 1. The second-order valence-electron chi connectivity index (χ2n) is 4.21. The zero-order chi connectivity index (χ0) is 11.8. The highest BCUT2D eigenvalue weighted by atomic mass is 16.4. The number of carbonyl (C=O) groups excluding carboxylic acids is 1. The predicted octanol–water partition coefficient (Wildman–Crippen LogP) is 1.26. The molecule has 2 N–H and O–H groups in total. The van der Waals surface area contributed by atoms with Gasteiger partial charge in [-0.1, -0.05) is 0 Å². The Morgan fingerprint density at radius 2 is 2.25 bits per heavy atom. The van der Waals surface area contributed by atoms with Gasteiger partial charge in [-0.25, -0.2) is 4.79 Å². The Morgan fingerprint density at radius 3 is 2.69 bits per heavy atom. The Hall–Kier alpha value is -1.78. The number of nitrogens with one attached hydrogen (secondary N) is 1. The van der Waals surface area contributed by atoms with Crippen molar-refractivity contribution in [1.29, 1.82) is 0 Å². The van der Waals surface area contributed by atoms with Gasteiger partial charge in [0.25, 0.3) is 5.91 Å². The van der Waals surface area contributed by atoms with Gasteiger partial charge in [-0.15, -0.1) is 0 Å². The van der Waals surface area contributed by atoms with Crippen molar-refractivity contribution in [3.63, 3.8) is 0 Å².